The first-order valence-electron chi connectivity index (χ1n) is 7.71. The van der Waals surface area contributed by atoms with E-state index in [1.54, 1.807) is 37.2 Å². The van der Waals surface area contributed by atoms with E-state index >= 15 is 0 Å². The van der Waals surface area contributed by atoms with Crippen LogP contribution in [0.5, 0.6) is 0 Å². The van der Waals surface area contributed by atoms with Crippen LogP contribution in [0.4, 0.5) is 0 Å². The second-order valence-electron chi connectivity index (χ2n) is 4.20. The molecule has 0 saturated heterocycles. The minimum atomic E-state index is -0.226. The predicted octanol–water partition coefficient (Wildman–Crippen LogP) is 6.11. The molecule has 4 aromatic rings. The van der Waals surface area contributed by atoms with Crippen molar-refractivity contribution in [2.45, 2.75) is 0 Å². The van der Waals surface area contributed by atoms with Crippen molar-refractivity contribution in [1.29, 1.82) is 0 Å². The van der Waals surface area contributed by atoms with Crippen molar-refractivity contribution >= 4 is 19.4 Å². The average Bonchev–Trinajstić information content (AvgIpc) is 2.80. The zero-order chi connectivity index (χ0) is 19.7. The Balaban J connectivity index is 0.000000319. The molecule has 0 N–H and O–H groups in total. The van der Waals surface area contributed by atoms with Crippen LogP contribution in [0.2, 0.25) is 0 Å². The summed E-state index contributed by atoms with van der Waals surface area (Å²) < 4.78 is 0. The summed E-state index contributed by atoms with van der Waals surface area (Å²) in [7, 11) is 9.67. The summed E-state index contributed by atoms with van der Waals surface area (Å²) in [6, 6.07) is 29.6. The fourth-order valence-electron chi connectivity index (χ4n) is 1.28. The van der Waals surface area contributed by atoms with E-state index in [-0.39, 0.29) is 15.1 Å². The van der Waals surface area contributed by atoms with Crippen LogP contribution in [-0.4, -0.2) is 15.0 Å². The van der Waals surface area contributed by atoms with E-state index in [1.165, 1.54) is 0 Å². The molecule has 4 rings (SSSR count). The maximum atomic E-state index is 4.83. The fraction of sp³-hybridized carbons (Fsp3) is 0. The zero-order valence-corrected chi connectivity index (χ0v) is 17.6. The first kappa shape index (κ1) is 24.9. The molecule has 3 heterocycles. The summed E-state index contributed by atoms with van der Waals surface area (Å²) in [4.78, 5) is 11.4. The molecule has 3 nitrogen and oxygen atoms in total. The first-order valence-corrected chi connectivity index (χ1v) is 11.9. The zero-order valence-electron chi connectivity index (χ0n) is 14.5. The number of hydrogen-bond donors (Lipinski definition) is 0. The molecule has 0 bridgehead atoms. The standard InChI is InChI=1S/C6H5.3C5H5N.2ClH.Rh/c4*1-2-4-6-5-3-1;;;/h4*1-5H;2*1H;/q-1;;;;;;+3/p-2. The molecule has 0 spiro atoms. The smallest absolute Gasteiger partial charge is 0.0267 e. The Morgan fingerprint density at radius 2 is 0.704 bits per heavy atom. The summed E-state index contributed by atoms with van der Waals surface area (Å²) in [5, 5.41) is 0. The normalized spacial score (nSPS) is 7.93. The SMILES string of the molecule is [Cl][Rh+][Cl].[c-]1ccccc1.c1ccncc1.c1ccncc1.c1ccncc1. The van der Waals surface area contributed by atoms with Gasteiger partial charge in [-0.3, -0.25) is 15.0 Å². The number of pyridine rings is 3. The second kappa shape index (κ2) is 23.9. The second-order valence-corrected chi connectivity index (χ2v) is 6.69. The number of aromatic nitrogens is 3. The molecule has 0 aliphatic carbocycles. The molecule has 0 aliphatic heterocycles. The third-order valence-corrected chi connectivity index (χ3v) is 2.31. The molecular formula is C21H20Cl2N3Rh. The number of halogens is 2. The first-order chi connectivity index (χ1) is 13.4. The van der Waals surface area contributed by atoms with E-state index in [1.807, 2.05) is 84.9 Å². The molecular weight excluding hydrogens is 468 g/mol. The summed E-state index contributed by atoms with van der Waals surface area (Å²) >= 11 is -0.226. The van der Waals surface area contributed by atoms with E-state index in [0.29, 0.717) is 0 Å². The molecule has 0 amide bonds. The minimum absolute atomic E-state index is 0.226. The van der Waals surface area contributed by atoms with Gasteiger partial charge in [-0.05, 0) is 36.4 Å². The monoisotopic (exact) mass is 487 g/mol. The van der Waals surface area contributed by atoms with Crippen LogP contribution in [0.3, 0.4) is 0 Å². The van der Waals surface area contributed by atoms with Crippen molar-refractivity contribution in [2.75, 3.05) is 0 Å². The van der Waals surface area contributed by atoms with Gasteiger partial charge in [0.1, 0.15) is 0 Å². The van der Waals surface area contributed by atoms with Gasteiger partial charge in [0.2, 0.25) is 0 Å². The van der Waals surface area contributed by atoms with E-state index in [0.717, 1.165) is 0 Å². The molecule has 0 unspecified atom stereocenters. The third-order valence-electron chi connectivity index (χ3n) is 2.31. The molecule has 142 valence electrons. The van der Waals surface area contributed by atoms with Crippen molar-refractivity contribution < 1.29 is 15.1 Å². The molecule has 27 heavy (non-hydrogen) atoms. The Bertz CT molecular complexity index is 458. The summed E-state index contributed by atoms with van der Waals surface area (Å²) in [6.45, 7) is 0. The Morgan fingerprint density at radius 3 is 0.778 bits per heavy atom. The summed E-state index contributed by atoms with van der Waals surface area (Å²) in [6.07, 6.45) is 10.5. The van der Waals surface area contributed by atoms with Crippen LogP contribution in [0.15, 0.2) is 122 Å². The van der Waals surface area contributed by atoms with Gasteiger partial charge < -0.3 is 0 Å². The van der Waals surface area contributed by atoms with Crippen molar-refractivity contribution in [1.82, 2.24) is 15.0 Å². The van der Waals surface area contributed by atoms with Crippen LogP contribution in [-0.2, 0) is 15.1 Å². The van der Waals surface area contributed by atoms with Gasteiger partial charge in [-0.15, -0.1) is 0 Å². The maximum absolute atomic E-state index is 4.83. The third kappa shape index (κ3) is 23.9. The number of hydrogen-bond acceptors (Lipinski definition) is 3. The van der Waals surface area contributed by atoms with Gasteiger partial charge in [-0.1, -0.05) is 18.2 Å². The van der Waals surface area contributed by atoms with Gasteiger partial charge in [0.15, 0.2) is 0 Å². The van der Waals surface area contributed by atoms with Crippen LogP contribution in [0, 0.1) is 6.07 Å². The average molecular weight is 488 g/mol. The van der Waals surface area contributed by atoms with Gasteiger partial charge in [-0.2, -0.15) is 36.4 Å². The van der Waals surface area contributed by atoms with E-state index in [4.69, 9.17) is 19.4 Å². The van der Waals surface area contributed by atoms with Crippen LogP contribution in [0.25, 0.3) is 0 Å². The van der Waals surface area contributed by atoms with E-state index < -0.39 is 0 Å². The summed E-state index contributed by atoms with van der Waals surface area (Å²) in [5.41, 5.74) is 0. The van der Waals surface area contributed by atoms with E-state index in [2.05, 4.69) is 21.0 Å². The largest absolute Gasteiger partial charge is 0.265 e. The van der Waals surface area contributed by atoms with Crippen LogP contribution in [0.1, 0.15) is 0 Å². The maximum Gasteiger partial charge on any atom is 0.0267 e. The molecule has 3 aromatic heterocycles. The van der Waals surface area contributed by atoms with Gasteiger partial charge in [0.25, 0.3) is 0 Å². The van der Waals surface area contributed by atoms with Crippen molar-refractivity contribution in [3.05, 3.63) is 128 Å². The predicted molar refractivity (Wildman–Crippen MR) is 110 cm³/mol. The fourth-order valence-corrected chi connectivity index (χ4v) is 1.28. The minimum Gasteiger partial charge on any atom is -0.265 e. The van der Waals surface area contributed by atoms with Crippen molar-refractivity contribution in [2.24, 2.45) is 0 Å². The van der Waals surface area contributed by atoms with Crippen molar-refractivity contribution in [3.8, 4) is 0 Å². The molecule has 1 aromatic carbocycles. The van der Waals surface area contributed by atoms with E-state index in [9.17, 15) is 0 Å². The Hall–Kier alpha value is -2.13. The number of nitrogens with zero attached hydrogens (tertiary/aromatic N) is 3. The molecule has 0 fully saturated rings. The topological polar surface area (TPSA) is 38.7 Å². The van der Waals surface area contributed by atoms with Crippen LogP contribution < -0.4 is 0 Å². The molecule has 0 saturated carbocycles. The molecule has 6 heteroatoms. The van der Waals surface area contributed by atoms with Gasteiger partial charge >= 0.3 is 34.5 Å². The number of rotatable bonds is 0. The Labute approximate surface area is 177 Å². The van der Waals surface area contributed by atoms with Crippen molar-refractivity contribution in [3.63, 3.8) is 0 Å². The molecule has 0 atom stereocenters. The number of benzene rings is 1. The quantitative estimate of drug-likeness (QED) is 0.222. The Kier molecular flexibility index (Phi) is 22.0. The summed E-state index contributed by atoms with van der Waals surface area (Å²) in [5.74, 6) is 0. The van der Waals surface area contributed by atoms with Gasteiger partial charge in [0.05, 0.1) is 0 Å². The van der Waals surface area contributed by atoms with Gasteiger partial charge in [-0.25, -0.2) is 0 Å². The molecule has 0 radical (unpaired) electrons. The van der Waals surface area contributed by atoms with Gasteiger partial charge in [0, 0.05) is 37.2 Å². The molecule has 0 aliphatic rings. The van der Waals surface area contributed by atoms with Crippen LogP contribution >= 0.6 is 19.4 Å². The Morgan fingerprint density at radius 1 is 0.444 bits per heavy atom.